The summed E-state index contributed by atoms with van der Waals surface area (Å²) in [6, 6.07) is 5.51. The average Bonchev–Trinajstić information content (AvgIpc) is 2.48. The van der Waals surface area contributed by atoms with Crippen molar-refractivity contribution in [2.75, 3.05) is 12.3 Å². The van der Waals surface area contributed by atoms with Gasteiger partial charge in [-0.2, -0.15) is 11.8 Å². The fourth-order valence-electron chi connectivity index (χ4n) is 2.69. The number of halogens is 2. The Morgan fingerprint density at radius 1 is 1.45 bits per heavy atom. The molecule has 2 rings (SSSR count). The molecule has 1 fully saturated rings. The van der Waals surface area contributed by atoms with Crippen molar-refractivity contribution in [1.82, 2.24) is 5.32 Å². The lowest BCUT2D eigenvalue weighted by Crippen LogP contribution is -2.41. The monoisotopic (exact) mass is 315 g/mol. The van der Waals surface area contributed by atoms with E-state index in [9.17, 15) is 4.39 Å². The Balaban J connectivity index is 2.07. The van der Waals surface area contributed by atoms with Crippen molar-refractivity contribution >= 4 is 23.4 Å². The van der Waals surface area contributed by atoms with E-state index in [0.717, 1.165) is 24.9 Å². The molecule has 0 radical (unpaired) electrons. The first-order valence-electron chi connectivity index (χ1n) is 7.50. The van der Waals surface area contributed by atoms with E-state index < -0.39 is 0 Å². The van der Waals surface area contributed by atoms with Gasteiger partial charge in [0.2, 0.25) is 0 Å². The molecule has 1 saturated heterocycles. The predicted molar refractivity (Wildman–Crippen MR) is 87.3 cm³/mol. The van der Waals surface area contributed by atoms with E-state index in [-0.39, 0.29) is 10.8 Å². The van der Waals surface area contributed by atoms with Gasteiger partial charge in [0, 0.05) is 11.3 Å². The van der Waals surface area contributed by atoms with Gasteiger partial charge in [-0.25, -0.2) is 4.39 Å². The lowest BCUT2D eigenvalue weighted by Gasteiger charge is -2.31. The first kappa shape index (κ1) is 16.1. The summed E-state index contributed by atoms with van der Waals surface area (Å²) < 4.78 is 13.6. The smallest absolute Gasteiger partial charge is 0.142 e. The van der Waals surface area contributed by atoms with Crippen LogP contribution in [-0.2, 0) is 6.42 Å². The molecule has 1 aliphatic heterocycles. The van der Waals surface area contributed by atoms with E-state index >= 15 is 0 Å². The summed E-state index contributed by atoms with van der Waals surface area (Å²) in [5.41, 5.74) is 0.923. The minimum Gasteiger partial charge on any atom is -0.313 e. The molecule has 4 heteroatoms. The van der Waals surface area contributed by atoms with Crippen LogP contribution in [0.15, 0.2) is 18.2 Å². The average molecular weight is 316 g/mol. The lowest BCUT2D eigenvalue weighted by molar-refractivity contribution is 0.460. The molecule has 0 aromatic heterocycles. The molecule has 1 aromatic rings. The standard InChI is InChI=1S/C16H23ClFNS/c1-2-9-19-14(15-8-3-4-10-20-15)11-12-6-5-7-13(18)16(12)17/h5-7,14-15,19H,2-4,8-11H2,1H3. The third-order valence-electron chi connectivity index (χ3n) is 3.79. The van der Waals surface area contributed by atoms with E-state index in [2.05, 4.69) is 24.0 Å². The van der Waals surface area contributed by atoms with Gasteiger partial charge in [-0.3, -0.25) is 0 Å². The van der Waals surface area contributed by atoms with Crippen molar-refractivity contribution in [1.29, 1.82) is 0 Å². The van der Waals surface area contributed by atoms with Crippen LogP contribution in [0.1, 0.15) is 38.2 Å². The van der Waals surface area contributed by atoms with Crippen molar-refractivity contribution < 1.29 is 4.39 Å². The number of hydrogen-bond acceptors (Lipinski definition) is 2. The molecule has 1 heterocycles. The number of benzene rings is 1. The third kappa shape index (κ3) is 4.37. The highest BCUT2D eigenvalue weighted by atomic mass is 35.5. The van der Waals surface area contributed by atoms with Crippen LogP contribution in [0.3, 0.4) is 0 Å². The highest BCUT2D eigenvalue weighted by molar-refractivity contribution is 8.00. The molecule has 0 aliphatic carbocycles. The van der Waals surface area contributed by atoms with Crippen LogP contribution in [0.5, 0.6) is 0 Å². The van der Waals surface area contributed by atoms with Crippen molar-refractivity contribution in [2.45, 2.75) is 50.3 Å². The van der Waals surface area contributed by atoms with E-state index in [1.807, 2.05) is 6.07 Å². The SMILES string of the molecule is CCCNC(Cc1cccc(F)c1Cl)C1CCCCS1. The van der Waals surface area contributed by atoms with Gasteiger partial charge < -0.3 is 5.32 Å². The minimum atomic E-state index is -0.310. The number of thioether (sulfide) groups is 1. The van der Waals surface area contributed by atoms with Gasteiger partial charge in [-0.15, -0.1) is 0 Å². The van der Waals surface area contributed by atoms with Crippen LogP contribution < -0.4 is 5.32 Å². The van der Waals surface area contributed by atoms with Crippen LogP contribution in [0.25, 0.3) is 0 Å². The molecule has 1 nitrogen and oxygen atoms in total. The first-order chi connectivity index (χ1) is 9.72. The maximum absolute atomic E-state index is 13.6. The fourth-order valence-corrected chi connectivity index (χ4v) is 4.33. The second kappa shape index (κ2) is 8.26. The molecule has 1 aromatic carbocycles. The van der Waals surface area contributed by atoms with Crippen LogP contribution in [-0.4, -0.2) is 23.6 Å². The van der Waals surface area contributed by atoms with Gasteiger partial charge in [0.25, 0.3) is 0 Å². The highest BCUT2D eigenvalue weighted by Crippen LogP contribution is 2.30. The first-order valence-corrected chi connectivity index (χ1v) is 8.93. The molecule has 20 heavy (non-hydrogen) atoms. The topological polar surface area (TPSA) is 12.0 Å². The van der Waals surface area contributed by atoms with Crippen molar-refractivity contribution in [3.63, 3.8) is 0 Å². The molecule has 1 N–H and O–H groups in total. The molecule has 0 spiro atoms. The second-order valence-electron chi connectivity index (χ2n) is 5.38. The largest absolute Gasteiger partial charge is 0.313 e. The fraction of sp³-hybridized carbons (Fsp3) is 0.625. The molecule has 2 atom stereocenters. The molecule has 2 unspecified atom stereocenters. The van der Waals surface area contributed by atoms with Crippen molar-refractivity contribution in [2.24, 2.45) is 0 Å². The van der Waals surface area contributed by atoms with Gasteiger partial charge in [0.1, 0.15) is 5.82 Å². The molecule has 1 aliphatic rings. The van der Waals surface area contributed by atoms with E-state index in [0.29, 0.717) is 11.3 Å². The number of rotatable bonds is 6. The zero-order chi connectivity index (χ0) is 14.4. The normalized spacial score (nSPS) is 20.9. The zero-order valence-electron chi connectivity index (χ0n) is 12.0. The van der Waals surface area contributed by atoms with Crippen molar-refractivity contribution in [3.8, 4) is 0 Å². The Hall–Kier alpha value is -0.250. The van der Waals surface area contributed by atoms with Gasteiger partial charge in [0.05, 0.1) is 5.02 Å². The molecule has 0 saturated carbocycles. The van der Waals surface area contributed by atoms with E-state index in [1.165, 1.54) is 31.1 Å². The Labute approximate surface area is 130 Å². The van der Waals surface area contributed by atoms with Crippen LogP contribution in [0.2, 0.25) is 5.02 Å². The second-order valence-corrected chi connectivity index (χ2v) is 7.11. The maximum Gasteiger partial charge on any atom is 0.142 e. The zero-order valence-corrected chi connectivity index (χ0v) is 13.6. The summed E-state index contributed by atoms with van der Waals surface area (Å²) >= 11 is 8.15. The number of hydrogen-bond donors (Lipinski definition) is 1. The molecular weight excluding hydrogens is 293 g/mol. The Kier molecular flexibility index (Phi) is 6.66. The van der Waals surface area contributed by atoms with Crippen LogP contribution in [0.4, 0.5) is 4.39 Å². The molecule has 112 valence electrons. The minimum absolute atomic E-state index is 0.289. The predicted octanol–water partition coefficient (Wildman–Crippen LogP) is 4.68. The van der Waals surface area contributed by atoms with Crippen LogP contribution >= 0.6 is 23.4 Å². The highest BCUT2D eigenvalue weighted by Gasteiger charge is 2.24. The summed E-state index contributed by atoms with van der Waals surface area (Å²) in [4.78, 5) is 0. The number of nitrogens with one attached hydrogen (secondary N) is 1. The van der Waals surface area contributed by atoms with Crippen molar-refractivity contribution in [3.05, 3.63) is 34.6 Å². The third-order valence-corrected chi connectivity index (χ3v) is 5.73. The summed E-state index contributed by atoms with van der Waals surface area (Å²) in [6.07, 6.45) is 5.80. The van der Waals surface area contributed by atoms with Crippen LogP contribution in [0, 0.1) is 5.82 Å². The summed E-state index contributed by atoms with van der Waals surface area (Å²) in [7, 11) is 0. The van der Waals surface area contributed by atoms with E-state index in [1.54, 1.807) is 6.07 Å². The summed E-state index contributed by atoms with van der Waals surface area (Å²) in [5.74, 6) is 0.931. The van der Waals surface area contributed by atoms with E-state index in [4.69, 9.17) is 11.6 Å². The maximum atomic E-state index is 13.6. The molecular formula is C16H23ClFNS. The quantitative estimate of drug-likeness (QED) is 0.818. The Bertz CT molecular complexity index is 421. The molecule has 0 bridgehead atoms. The van der Waals surface area contributed by atoms with Gasteiger partial charge in [-0.1, -0.05) is 37.1 Å². The summed E-state index contributed by atoms with van der Waals surface area (Å²) in [5, 5.41) is 4.54. The molecule has 0 amide bonds. The lowest BCUT2D eigenvalue weighted by atomic mass is 9.99. The Morgan fingerprint density at radius 3 is 3.00 bits per heavy atom. The van der Waals surface area contributed by atoms with Gasteiger partial charge in [-0.05, 0) is 49.6 Å². The summed E-state index contributed by atoms with van der Waals surface area (Å²) in [6.45, 7) is 3.18. The Morgan fingerprint density at radius 2 is 2.30 bits per heavy atom. The van der Waals surface area contributed by atoms with Gasteiger partial charge >= 0.3 is 0 Å². The van der Waals surface area contributed by atoms with Gasteiger partial charge in [0.15, 0.2) is 0 Å².